The normalized spacial score (nSPS) is 28.2. The van der Waals surface area contributed by atoms with Crippen molar-refractivity contribution in [1.82, 2.24) is 9.55 Å². The molecule has 1 saturated heterocycles. The molecule has 8 heteroatoms. The fourth-order valence-electron chi connectivity index (χ4n) is 2.25. The molecule has 0 unspecified atom stereocenters. The lowest BCUT2D eigenvalue weighted by molar-refractivity contribution is -0.0625. The van der Waals surface area contributed by atoms with Crippen LogP contribution in [0.25, 0.3) is 0 Å². The zero-order valence-corrected chi connectivity index (χ0v) is 11.6. The quantitative estimate of drug-likeness (QED) is 0.566. The highest BCUT2D eigenvalue weighted by Crippen LogP contribution is 2.30. The number of H-pyrrole nitrogens is 1. The molecule has 0 saturated carbocycles. The van der Waals surface area contributed by atoms with Gasteiger partial charge in [0.15, 0.2) is 6.23 Å². The number of nitrogens with zero attached hydrogens (tertiary/aromatic N) is 1. The highest BCUT2D eigenvalue weighted by Gasteiger charge is 2.45. The predicted octanol–water partition coefficient (Wildman–Crippen LogP) is -1.83. The van der Waals surface area contributed by atoms with E-state index >= 15 is 0 Å². The van der Waals surface area contributed by atoms with E-state index in [0.29, 0.717) is 0 Å². The van der Waals surface area contributed by atoms with E-state index in [1.54, 1.807) is 6.92 Å². The van der Waals surface area contributed by atoms with Crippen molar-refractivity contribution in [1.29, 1.82) is 0 Å². The maximum absolute atomic E-state index is 11.9. The third-order valence-corrected chi connectivity index (χ3v) is 3.27. The molecular weight excluding hydrogens is 280 g/mol. The maximum atomic E-state index is 11.9. The monoisotopic (exact) mass is 296 g/mol. The Hall–Kier alpha value is -1.92. The number of aliphatic hydroxyl groups excluding tert-OH is 2. The molecule has 0 amide bonds. The van der Waals surface area contributed by atoms with E-state index in [1.807, 2.05) is 0 Å². The van der Waals surface area contributed by atoms with Crippen LogP contribution >= 0.6 is 0 Å². The molecule has 0 aliphatic carbocycles. The summed E-state index contributed by atoms with van der Waals surface area (Å²) in [4.78, 5) is 25.7. The number of aliphatic hydroxyl groups is 2. The van der Waals surface area contributed by atoms with Crippen LogP contribution in [-0.2, 0) is 9.47 Å². The van der Waals surface area contributed by atoms with Crippen LogP contribution in [-0.4, -0.2) is 51.8 Å². The summed E-state index contributed by atoms with van der Waals surface area (Å²) in [6, 6.07) is 0. The highest BCUT2D eigenvalue weighted by atomic mass is 16.6. The molecule has 1 aliphatic heterocycles. The largest absolute Gasteiger partial charge is 0.394 e. The van der Waals surface area contributed by atoms with Gasteiger partial charge in [0.1, 0.15) is 23.9 Å². The van der Waals surface area contributed by atoms with Gasteiger partial charge in [0.25, 0.3) is 5.56 Å². The molecule has 1 fully saturated rings. The van der Waals surface area contributed by atoms with Crippen LogP contribution in [0.1, 0.15) is 18.7 Å². The van der Waals surface area contributed by atoms with Crippen molar-refractivity contribution in [2.24, 2.45) is 0 Å². The molecule has 0 spiro atoms. The van der Waals surface area contributed by atoms with Crippen LogP contribution in [0.4, 0.5) is 0 Å². The summed E-state index contributed by atoms with van der Waals surface area (Å²) in [7, 11) is 1.35. The van der Waals surface area contributed by atoms with Gasteiger partial charge in [-0.25, -0.2) is 4.79 Å². The van der Waals surface area contributed by atoms with Gasteiger partial charge in [-0.2, -0.15) is 0 Å². The zero-order chi connectivity index (χ0) is 15.6. The number of hydrogen-bond donors (Lipinski definition) is 3. The molecule has 8 nitrogen and oxygen atoms in total. The first-order valence-corrected chi connectivity index (χ1v) is 6.28. The van der Waals surface area contributed by atoms with Gasteiger partial charge in [0.05, 0.1) is 6.61 Å². The van der Waals surface area contributed by atoms with Crippen molar-refractivity contribution in [2.45, 2.75) is 31.5 Å². The number of hydrogen-bond acceptors (Lipinski definition) is 6. The molecule has 4 atom stereocenters. The summed E-state index contributed by atoms with van der Waals surface area (Å²) < 4.78 is 11.7. The third kappa shape index (κ3) is 2.77. The molecule has 3 N–H and O–H groups in total. The van der Waals surface area contributed by atoms with Crippen LogP contribution in [0.2, 0.25) is 0 Å². The van der Waals surface area contributed by atoms with Crippen molar-refractivity contribution in [3.8, 4) is 11.8 Å². The van der Waals surface area contributed by atoms with Gasteiger partial charge in [0, 0.05) is 13.3 Å². The summed E-state index contributed by atoms with van der Waals surface area (Å²) in [5, 5.41) is 19.1. The molecule has 0 aromatic carbocycles. The molecule has 21 heavy (non-hydrogen) atoms. The van der Waals surface area contributed by atoms with Crippen molar-refractivity contribution in [3.63, 3.8) is 0 Å². The minimum Gasteiger partial charge on any atom is -0.394 e. The first-order valence-electron chi connectivity index (χ1n) is 6.28. The minimum atomic E-state index is -1.09. The van der Waals surface area contributed by atoms with Crippen LogP contribution in [0, 0.1) is 11.8 Å². The molecule has 0 bridgehead atoms. The van der Waals surface area contributed by atoms with E-state index in [-0.39, 0.29) is 5.56 Å². The van der Waals surface area contributed by atoms with E-state index in [4.69, 9.17) is 14.6 Å². The van der Waals surface area contributed by atoms with Crippen molar-refractivity contribution in [2.75, 3.05) is 13.7 Å². The molecule has 1 aliphatic rings. The Morgan fingerprint density at radius 3 is 2.81 bits per heavy atom. The Balaban J connectivity index is 2.50. The highest BCUT2D eigenvalue weighted by molar-refractivity contribution is 5.28. The smallest absolute Gasteiger partial charge is 0.330 e. The Morgan fingerprint density at radius 1 is 1.52 bits per heavy atom. The Bertz CT molecular complexity index is 682. The van der Waals surface area contributed by atoms with Crippen molar-refractivity contribution in [3.05, 3.63) is 32.6 Å². The van der Waals surface area contributed by atoms with Crippen LogP contribution < -0.4 is 11.2 Å². The number of ether oxygens (including phenoxy) is 2. The topological polar surface area (TPSA) is 114 Å². The number of methoxy groups -OCH3 is 1. The van der Waals surface area contributed by atoms with Gasteiger partial charge in [-0.05, 0) is 6.92 Å². The van der Waals surface area contributed by atoms with Gasteiger partial charge >= 0.3 is 5.69 Å². The average molecular weight is 296 g/mol. The number of aromatic nitrogens is 2. The molecule has 0 radical (unpaired) electrons. The number of nitrogens with one attached hydrogen (secondary N) is 1. The van der Waals surface area contributed by atoms with Crippen LogP contribution in [0.15, 0.2) is 15.8 Å². The second kappa shape index (κ2) is 6.24. The molecule has 1 aromatic rings. The van der Waals surface area contributed by atoms with E-state index in [2.05, 4.69) is 16.8 Å². The van der Waals surface area contributed by atoms with Crippen LogP contribution in [0.3, 0.4) is 0 Å². The van der Waals surface area contributed by atoms with Gasteiger partial charge in [-0.15, -0.1) is 5.92 Å². The molecule has 2 heterocycles. The first kappa shape index (κ1) is 15.5. The maximum Gasteiger partial charge on any atom is 0.330 e. The summed E-state index contributed by atoms with van der Waals surface area (Å²) in [5.74, 6) is 5.14. The van der Waals surface area contributed by atoms with Crippen molar-refractivity contribution < 1.29 is 19.7 Å². The van der Waals surface area contributed by atoms with E-state index < -0.39 is 42.4 Å². The summed E-state index contributed by atoms with van der Waals surface area (Å²) in [5.41, 5.74) is -1.21. The third-order valence-electron chi connectivity index (χ3n) is 3.27. The lowest BCUT2D eigenvalue weighted by atomic mass is 10.1. The Labute approximate surface area is 119 Å². The lowest BCUT2D eigenvalue weighted by Gasteiger charge is -2.20. The molecule has 1 aromatic heterocycles. The second-order valence-corrected chi connectivity index (χ2v) is 4.52. The summed E-state index contributed by atoms with van der Waals surface area (Å²) in [6.07, 6.45) is -2.54. The predicted molar refractivity (Wildman–Crippen MR) is 71.7 cm³/mol. The fraction of sp³-hybridized carbons (Fsp3) is 0.538. The van der Waals surface area contributed by atoms with E-state index in [0.717, 1.165) is 4.57 Å². The molecule has 2 rings (SSSR count). The number of rotatable bonds is 3. The van der Waals surface area contributed by atoms with E-state index in [9.17, 15) is 14.7 Å². The summed E-state index contributed by atoms with van der Waals surface area (Å²) in [6.45, 7) is 1.14. The van der Waals surface area contributed by atoms with Gasteiger partial charge in [0.2, 0.25) is 0 Å². The van der Waals surface area contributed by atoms with Crippen LogP contribution in [0.5, 0.6) is 0 Å². The standard InChI is InChI=1S/C13H16N2O6/c1-3-4-7-5-15(13(19)14-11(7)18)12-10(20-2)9(17)8(6-16)21-12/h5,8-10,12,16-17H,6H2,1-2H3,(H,14,18,19)/t8-,9+,10-,12-/m1/s1. The average Bonchev–Trinajstić information content (AvgIpc) is 2.78. The number of aromatic amines is 1. The fourth-order valence-corrected chi connectivity index (χ4v) is 2.25. The molecular formula is C13H16N2O6. The van der Waals surface area contributed by atoms with Gasteiger partial charge in [-0.3, -0.25) is 14.3 Å². The van der Waals surface area contributed by atoms with Gasteiger partial charge in [-0.1, -0.05) is 5.92 Å². The zero-order valence-electron chi connectivity index (χ0n) is 11.6. The van der Waals surface area contributed by atoms with Gasteiger partial charge < -0.3 is 19.7 Å². The van der Waals surface area contributed by atoms with Crippen molar-refractivity contribution >= 4 is 0 Å². The SMILES string of the molecule is CC#Cc1cn([C@@H]2O[C@H](CO)[C@H](O)[C@H]2OC)c(=O)[nH]c1=O. The lowest BCUT2D eigenvalue weighted by Crippen LogP contribution is -2.39. The molecule has 114 valence electrons. The minimum absolute atomic E-state index is 0.0949. The van der Waals surface area contributed by atoms with E-state index in [1.165, 1.54) is 13.3 Å². The Kier molecular flexibility index (Phi) is 4.59. The first-order chi connectivity index (χ1) is 10.0. The summed E-state index contributed by atoms with van der Waals surface area (Å²) >= 11 is 0. The Morgan fingerprint density at radius 2 is 2.24 bits per heavy atom. The second-order valence-electron chi connectivity index (χ2n) is 4.52.